The third-order valence-electron chi connectivity index (χ3n) is 5.00. The van der Waals surface area contributed by atoms with E-state index in [0.29, 0.717) is 18.2 Å². The van der Waals surface area contributed by atoms with Crippen molar-refractivity contribution in [1.82, 2.24) is 9.47 Å². The number of halogens is 1. The highest BCUT2D eigenvalue weighted by Crippen LogP contribution is 2.37. The topological polar surface area (TPSA) is 42.3 Å². The molecule has 2 aromatic rings. The number of nitrogens with zero attached hydrogens (tertiary/aromatic N) is 2. The number of hydrogen-bond donors (Lipinski definition) is 0. The van der Waals surface area contributed by atoms with Gasteiger partial charge in [0.05, 0.1) is 6.04 Å². The molecule has 1 atom stereocenters. The van der Waals surface area contributed by atoms with E-state index in [1.54, 1.807) is 29.3 Å². The van der Waals surface area contributed by atoms with E-state index >= 15 is 0 Å². The summed E-state index contributed by atoms with van der Waals surface area (Å²) in [4.78, 5) is 26.7. The summed E-state index contributed by atoms with van der Waals surface area (Å²) < 4.78 is 16.0. The van der Waals surface area contributed by atoms with Crippen molar-refractivity contribution >= 4 is 5.91 Å². The van der Waals surface area contributed by atoms with Gasteiger partial charge in [-0.05, 0) is 32.3 Å². The van der Waals surface area contributed by atoms with Crippen molar-refractivity contribution in [2.75, 3.05) is 6.54 Å². The fourth-order valence-corrected chi connectivity index (χ4v) is 3.41. The van der Waals surface area contributed by atoms with Gasteiger partial charge in [-0.1, -0.05) is 18.2 Å². The SMILES string of the molecule is Cc1cc(=O)c(C(=O)N2CCC2c2ccccc2F)cn1C1CC1. The van der Waals surface area contributed by atoms with Gasteiger partial charge < -0.3 is 9.47 Å². The number of aryl methyl sites for hydroxylation is 1. The first-order valence-electron chi connectivity index (χ1n) is 8.34. The Morgan fingerprint density at radius 2 is 1.96 bits per heavy atom. The largest absolute Gasteiger partial charge is 0.348 e. The molecule has 1 aromatic carbocycles. The van der Waals surface area contributed by atoms with Crippen molar-refractivity contribution < 1.29 is 9.18 Å². The van der Waals surface area contributed by atoms with Gasteiger partial charge in [-0.3, -0.25) is 9.59 Å². The average molecular weight is 326 g/mol. The number of hydrogen-bond acceptors (Lipinski definition) is 2. The normalized spacial score (nSPS) is 19.9. The zero-order valence-electron chi connectivity index (χ0n) is 13.5. The minimum absolute atomic E-state index is 0.188. The van der Waals surface area contributed by atoms with Crippen LogP contribution in [0.3, 0.4) is 0 Å². The molecule has 5 heteroatoms. The lowest BCUT2D eigenvalue weighted by molar-refractivity contribution is 0.0450. The Bertz CT molecular complexity index is 870. The Kier molecular flexibility index (Phi) is 3.52. The molecule has 1 unspecified atom stereocenters. The smallest absolute Gasteiger partial charge is 0.259 e. The molecule has 2 fully saturated rings. The van der Waals surface area contributed by atoms with Crippen LogP contribution in [-0.2, 0) is 0 Å². The molecule has 0 spiro atoms. The lowest BCUT2D eigenvalue weighted by Crippen LogP contribution is -2.46. The Morgan fingerprint density at radius 1 is 1.21 bits per heavy atom. The fourth-order valence-electron chi connectivity index (χ4n) is 3.41. The van der Waals surface area contributed by atoms with Crippen LogP contribution < -0.4 is 5.43 Å². The summed E-state index contributed by atoms with van der Waals surface area (Å²) in [6.45, 7) is 2.44. The van der Waals surface area contributed by atoms with Gasteiger partial charge in [-0.15, -0.1) is 0 Å². The molecule has 2 heterocycles. The number of pyridine rings is 1. The molecule has 2 aliphatic rings. The molecule has 1 saturated carbocycles. The van der Waals surface area contributed by atoms with Crippen molar-refractivity contribution in [2.24, 2.45) is 0 Å². The van der Waals surface area contributed by atoms with Crippen molar-refractivity contribution in [3.05, 3.63) is 69.4 Å². The molecule has 1 aliphatic carbocycles. The van der Waals surface area contributed by atoms with Crippen molar-refractivity contribution in [3.8, 4) is 0 Å². The molecule has 4 rings (SSSR count). The van der Waals surface area contributed by atoms with Crippen LogP contribution in [-0.4, -0.2) is 21.9 Å². The molecule has 1 saturated heterocycles. The minimum Gasteiger partial charge on any atom is -0.348 e. The third kappa shape index (κ3) is 2.44. The van der Waals surface area contributed by atoms with Crippen LogP contribution in [0.15, 0.2) is 41.3 Å². The van der Waals surface area contributed by atoms with Gasteiger partial charge in [0.2, 0.25) is 0 Å². The van der Waals surface area contributed by atoms with Gasteiger partial charge in [0.1, 0.15) is 11.4 Å². The molecular formula is C19H19FN2O2. The standard InChI is InChI=1S/C19H19FN2O2/c1-12-10-18(23)15(11-22(12)13-6-7-13)19(24)21-9-8-17(21)14-4-2-3-5-16(14)20/h2-5,10-11,13,17H,6-9H2,1H3. The third-order valence-corrected chi connectivity index (χ3v) is 5.00. The molecular weight excluding hydrogens is 307 g/mol. The number of carbonyl (C=O) groups is 1. The molecule has 0 radical (unpaired) electrons. The van der Waals surface area contributed by atoms with Crippen molar-refractivity contribution in [3.63, 3.8) is 0 Å². The lowest BCUT2D eigenvalue weighted by Gasteiger charge is -2.41. The average Bonchev–Trinajstić information content (AvgIpc) is 3.33. The summed E-state index contributed by atoms with van der Waals surface area (Å²) >= 11 is 0. The first-order chi connectivity index (χ1) is 11.6. The second-order valence-electron chi connectivity index (χ2n) is 6.66. The van der Waals surface area contributed by atoms with Crippen LogP contribution in [0.1, 0.15) is 53.0 Å². The minimum atomic E-state index is -0.306. The molecule has 0 N–H and O–H groups in total. The summed E-state index contributed by atoms with van der Waals surface area (Å²) in [7, 11) is 0. The van der Waals surface area contributed by atoms with Crippen LogP contribution >= 0.6 is 0 Å². The van der Waals surface area contributed by atoms with E-state index in [-0.39, 0.29) is 28.8 Å². The number of rotatable bonds is 3. The first-order valence-corrected chi connectivity index (χ1v) is 8.34. The fraction of sp³-hybridized carbons (Fsp3) is 0.368. The van der Waals surface area contributed by atoms with E-state index in [1.807, 2.05) is 11.5 Å². The van der Waals surface area contributed by atoms with E-state index in [4.69, 9.17) is 0 Å². The lowest BCUT2D eigenvalue weighted by atomic mass is 9.93. The van der Waals surface area contributed by atoms with Crippen LogP contribution in [0.5, 0.6) is 0 Å². The molecule has 0 bridgehead atoms. The number of amides is 1. The molecule has 124 valence electrons. The van der Waals surface area contributed by atoms with Gasteiger partial charge in [-0.25, -0.2) is 4.39 Å². The Morgan fingerprint density at radius 3 is 2.58 bits per heavy atom. The van der Waals surface area contributed by atoms with E-state index in [2.05, 4.69) is 0 Å². The number of aromatic nitrogens is 1. The quantitative estimate of drug-likeness (QED) is 0.869. The van der Waals surface area contributed by atoms with Gasteiger partial charge in [-0.2, -0.15) is 0 Å². The zero-order valence-corrected chi connectivity index (χ0v) is 13.5. The maximum Gasteiger partial charge on any atom is 0.259 e. The maximum absolute atomic E-state index is 14.0. The highest BCUT2D eigenvalue weighted by molar-refractivity contribution is 5.94. The van der Waals surface area contributed by atoms with Gasteiger partial charge in [0.15, 0.2) is 5.43 Å². The summed E-state index contributed by atoms with van der Waals surface area (Å²) in [6, 6.07) is 8.16. The zero-order chi connectivity index (χ0) is 16.8. The summed E-state index contributed by atoms with van der Waals surface area (Å²) in [5, 5.41) is 0. The predicted octanol–water partition coefficient (Wildman–Crippen LogP) is 3.22. The Hall–Kier alpha value is -2.43. The molecule has 1 aromatic heterocycles. The van der Waals surface area contributed by atoms with E-state index in [9.17, 15) is 14.0 Å². The van der Waals surface area contributed by atoms with Crippen LogP contribution in [0, 0.1) is 12.7 Å². The van der Waals surface area contributed by atoms with Gasteiger partial charge in [0.25, 0.3) is 5.91 Å². The van der Waals surface area contributed by atoms with E-state index in [1.165, 1.54) is 12.1 Å². The second kappa shape index (κ2) is 5.58. The number of carbonyl (C=O) groups excluding carboxylic acids is 1. The molecule has 1 aliphatic heterocycles. The predicted molar refractivity (Wildman–Crippen MR) is 88.5 cm³/mol. The Labute approximate surface area is 139 Å². The highest BCUT2D eigenvalue weighted by atomic mass is 19.1. The monoisotopic (exact) mass is 326 g/mol. The molecule has 24 heavy (non-hydrogen) atoms. The maximum atomic E-state index is 14.0. The second-order valence-corrected chi connectivity index (χ2v) is 6.66. The highest BCUT2D eigenvalue weighted by Gasteiger charge is 2.36. The Balaban J connectivity index is 1.66. The van der Waals surface area contributed by atoms with Crippen molar-refractivity contribution in [2.45, 2.75) is 38.3 Å². The summed E-state index contributed by atoms with van der Waals surface area (Å²) in [5.74, 6) is -0.604. The van der Waals surface area contributed by atoms with Gasteiger partial charge in [0, 0.05) is 36.1 Å². The molecule has 1 amide bonds. The molecule has 4 nitrogen and oxygen atoms in total. The number of benzene rings is 1. The van der Waals surface area contributed by atoms with Crippen LogP contribution in [0.4, 0.5) is 4.39 Å². The first kappa shape index (κ1) is 15.1. The van der Waals surface area contributed by atoms with E-state index < -0.39 is 0 Å². The summed E-state index contributed by atoms with van der Waals surface area (Å²) in [6.07, 6.45) is 4.57. The van der Waals surface area contributed by atoms with Crippen LogP contribution in [0.2, 0.25) is 0 Å². The van der Waals surface area contributed by atoms with Crippen LogP contribution in [0.25, 0.3) is 0 Å². The van der Waals surface area contributed by atoms with E-state index in [0.717, 1.165) is 25.0 Å². The van der Waals surface area contributed by atoms with Gasteiger partial charge >= 0.3 is 0 Å². The summed E-state index contributed by atoms with van der Waals surface area (Å²) in [5.41, 5.74) is 1.34. The van der Waals surface area contributed by atoms with Crippen molar-refractivity contribution in [1.29, 1.82) is 0 Å². The number of likely N-dealkylation sites (tertiary alicyclic amines) is 1.